The topological polar surface area (TPSA) is 46.1 Å². The molecule has 2 aliphatic heterocycles. The summed E-state index contributed by atoms with van der Waals surface area (Å²) in [5, 5.41) is 3.33. The zero-order valence-electron chi connectivity index (χ0n) is 14.2. The van der Waals surface area contributed by atoms with Gasteiger partial charge in [0, 0.05) is 38.7 Å². The van der Waals surface area contributed by atoms with Gasteiger partial charge in [0.2, 0.25) is 0 Å². The van der Waals surface area contributed by atoms with Crippen LogP contribution in [-0.4, -0.2) is 51.3 Å². The lowest BCUT2D eigenvalue weighted by Crippen LogP contribution is -2.41. The van der Waals surface area contributed by atoms with Gasteiger partial charge in [-0.05, 0) is 30.5 Å². The summed E-state index contributed by atoms with van der Waals surface area (Å²) in [4.78, 5) is 6.64. The number of nitrogens with zero attached hydrogens (tertiary/aromatic N) is 2. The summed E-state index contributed by atoms with van der Waals surface area (Å²) < 4.78 is 24.3. The van der Waals surface area contributed by atoms with E-state index in [1.54, 1.807) is 13.1 Å². The largest absolute Gasteiger partial charge is 0.494 e. The molecule has 3 rings (SSSR count). The summed E-state index contributed by atoms with van der Waals surface area (Å²) in [6, 6.07) is 5.00. The number of guanidine groups is 1. The minimum Gasteiger partial charge on any atom is -0.494 e. The normalized spacial score (nSPS) is 23.5. The molecule has 2 fully saturated rings. The highest BCUT2D eigenvalue weighted by molar-refractivity contribution is 14.0. The van der Waals surface area contributed by atoms with Crippen LogP contribution in [0.15, 0.2) is 23.2 Å². The van der Waals surface area contributed by atoms with Gasteiger partial charge in [0.15, 0.2) is 17.5 Å². The molecule has 2 heterocycles. The average molecular weight is 449 g/mol. The first-order valence-corrected chi connectivity index (χ1v) is 8.01. The van der Waals surface area contributed by atoms with Gasteiger partial charge in [-0.3, -0.25) is 4.99 Å². The second-order valence-electron chi connectivity index (χ2n) is 6.34. The lowest BCUT2D eigenvalue weighted by molar-refractivity contribution is 0.156. The van der Waals surface area contributed by atoms with E-state index < -0.39 is 0 Å². The van der Waals surface area contributed by atoms with Crippen molar-refractivity contribution in [3.05, 3.63) is 29.6 Å². The predicted octanol–water partition coefficient (Wildman–Crippen LogP) is 2.64. The van der Waals surface area contributed by atoms with Crippen molar-refractivity contribution in [1.82, 2.24) is 10.2 Å². The summed E-state index contributed by atoms with van der Waals surface area (Å²) in [5.41, 5.74) is 1.16. The Morgan fingerprint density at radius 3 is 2.92 bits per heavy atom. The maximum Gasteiger partial charge on any atom is 0.193 e. The highest BCUT2D eigenvalue weighted by atomic mass is 127. The number of likely N-dealkylation sites (tertiary alicyclic amines) is 1. The van der Waals surface area contributed by atoms with Gasteiger partial charge in [0.1, 0.15) is 0 Å². The van der Waals surface area contributed by atoms with Gasteiger partial charge < -0.3 is 19.7 Å². The minimum atomic E-state index is -0.343. The van der Waals surface area contributed by atoms with Crippen molar-refractivity contribution < 1.29 is 13.9 Å². The van der Waals surface area contributed by atoms with E-state index in [0.29, 0.717) is 12.0 Å². The van der Waals surface area contributed by atoms with E-state index in [9.17, 15) is 4.39 Å². The molecule has 1 aromatic carbocycles. The zero-order chi connectivity index (χ0) is 16.3. The lowest BCUT2D eigenvalue weighted by Gasteiger charge is -2.25. The van der Waals surface area contributed by atoms with Crippen LogP contribution in [-0.2, 0) is 11.3 Å². The molecule has 0 saturated carbocycles. The molecular weight excluding hydrogens is 424 g/mol. The Kier molecular flexibility index (Phi) is 6.68. The standard InChI is InChI=1S/C17H24FN3O2.HI/c1-19-16(21-7-5-17(11-21)6-8-23-12-17)20-10-13-3-4-15(22-2)14(18)9-13;/h3-4,9H,5-8,10-12H2,1-2H3,(H,19,20);1H. The average Bonchev–Trinajstić information content (AvgIpc) is 3.19. The molecule has 0 radical (unpaired) electrons. The van der Waals surface area contributed by atoms with E-state index in [1.807, 2.05) is 6.07 Å². The second-order valence-corrected chi connectivity index (χ2v) is 6.34. The third-order valence-corrected chi connectivity index (χ3v) is 4.80. The van der Waals surface area contributed by atoms with E-state index in [4.69, 9.17) is 9.47 Å². The van der Waals surface area contributed by atoms with Gasteiger partial charge in [-0.25, -0.2) is 4.39 Å². The van der Waals surface area contributed by atoms with Gasteiger partial charge in [0.25, 0.3) is 0 Å². The van der Waals surface area contributed by atoms with Crippen molar-refractivity contribution in [2.45, 2.75) is 19.4 Å². The molecule has 2 saturated heterocycles. The number of rotatable bonds is 3. The summed E-state index contributed by atoms with van der Waals surface area (Å²) in [6.45, 7) is 4.21. The summed E-state index contributed by atoms with van der Waals surface area (Å²) in [5.74, 6) is 0.788. The van der Waals surface area contributed by atoms with Crippen LogP contribution in [0.4, 0.5) is 4.39 Å². The van der Waals surface area contributed by atoms with Gasteiger partial charge >= 0.3 is 0 Å². The number of aliphatic imine (C=N–C) groups is 1. The van der Waals surface area contributed by atoms with Gasteiger partial charge in [-0.15, -0.1) is 24.0 Å². The highest BCUT2D eigenvalue weighted by Crippen LogP contribution is 2.38. The first kappa shape index (κ1) is 19.2. The van der Waals surface area contributed by atoms with E-state index in [-0.39, 0.29) is 35.5 Å². The molecule has 2 aliphatic rings. The van der Waals surface area contributed by atoms with E-state index >= 15 is 0 Å². The number of halogens is 2. The maximum absolute atomic E-state index is 13.8. The van der Waals surface area contributed by atoms with Crippen molar-refractivity contribution in [2.24, 2.45) is 10.4 Å². The molecule has 0 aromatic heterocycles. The summed E-state index contributed by atoms with van der Waals surface area (Å²) in [7, 11) is 3.25. The monoisotopic (exact) mass is 449 g/mol. The first-order valence-electron chi connectivity index (χ1n) is 8.01. The molecule has 0 bridgehead atoms. The van der Waals surface area contributed by atoms with Gasteiger partial charge in [-0.1, -0.05) is 6.07 Å². The fourth-order valence-electron chi connectivity index (χ4n) is 3.42. The molecule has 24 heavy (non-hydrogen) atoms. The van der Waals surface area contributed by atoms with Crippen LogP contribution in [0.5, 0.6) is 5.75 Å². The molecule has 0 amide bonds. The quantitative estimate of drug-likeness (QED) is 0.438. The number of benzene rings is 1. The minimum absolute atomic E-state index is 0. The second kappa shape index (κ2) is 8.33. The Morgan fingerprint density at radius 1 is 1.46 bits per heavy atom. The van der Waals surface area contributed by atoms with Crippen LogP contribution in [0.2, 0.25) is 0 Å². The Morgan fingerprint density at radius 2 is 2.29 bits per heavy atom. The van der Waals surface area contributed by atoms with Crippen molar-refractivity contribution in [3.63, 3.8) is 0 Å². The van der Waals surface area contributed by atoms with E-state index in [1.165, 1.54) is 13.2 Å². The van der Waals surface area contributed by atoms with Crippen molar-refractivity contribution in [1.29, 1.82) is 0 Å². The smallest absolute Gasteiger partial charge is 0.193 e. The Bertz CT molecular complexity index is 591. The number of hydrogen-bond acceptors (Lipinski definition) is 3. The van der Waals surface area contributed by atoms with E-state index in [2.05, 4.69) is 15.2 Å². The van der Waals surface area contributed by atoms with Crippen molar-refractivity contribution in [2.75, 3.05) is 40.5 Å². The Balaban J connectivity index is 0.00000208. The maximum atomic E-state index is 13.8. The Labute approximate surface area is 159 Å². The third kappa shape index (κ3) is 4.11. The summed E-state index contributed by atoms with van der Waals surface area (Å²) in [6.07, 6.45) is 2.27. The SMILES string of the molecule is CN=C(NCc1ccc(OC)c(F)c1)N1CCC2(CCOC2)C1.I. The van der Waals surface area contributed by atoms with Crippen LogP contribution in [0.25, 0.3) is 0 Å². The number of ether oxygens (including phenoxy) is 2. The molecule has 1 unspecified atom stereocenters. The van der Waals surface area contributed by atoms with Crippen molar-refractivity contribution >= 4 is 29.9 Å². The third-order valence-electron chi connectivity index (χ3n) is 4.80. The molecule has 5 nitrogen and oxygen atoms in total. The molecular formula is C17H25FIN3O2. The predicted molar refractivity (Wildman–Crippen MR) is 103 cm³/mol. The Hall–Kier alpha value is -1.09. The van der Waals surface area contributed by atoms with Gasteiger partial charge in [-0.2, -0.15) is 0 Å². The molecule has 0 aliphatic carbocycles. The molecule has 7 heteroatoms. The number of hydrogen-bond donors (Lipinski definition) is 1. The van der Waals surface area contributed by atoms with Crippen molar-refractivity contribution in [3.8, 4) is 5.75 Å². The zero-order valence-corrected chi connectivity index (χ0v) is 16.5. The highest BCUT2D eigenvalue weighted by Gasteiger charge is 2.42. The number of methoxy groups -OCH3 is 1. The van der Waals surface area contributed by atoms with E-state index in [0.717, 1.165) is 50.7 Å². The van der Waals surface area contributed by atoms with Gasteiger partial charge in [0.05, 0.1) is 13.7 Å². The van der Waals surface area contributed by atoms with Crippen LogP contribution >= 0.6 is 24.0 Å². The molecule has 1 aromatic rings. The first-order chi connectivity index (χ1) is 11.2. The summed E-state index contributed by atoms with van der Waals surface area (Å²) >= 11 is 0. The fraction of sp³-hybridized carbons (Fsp3) is 0.588. The molecule has 1 atom stereocenters. The number of nitrogens with one attached hydrogen (secondary N) is 1. The van der Waals surface area contributed by atoms with Crippen LogP contribution in [0, 0.1) is 11.2 Å². The molecule has 134 valence electrons. The van der Waals surface area contributed by atoms with Crippen LogP contribution in [0.1, 0.15) is 18.4 Å². The molecule has 1 N–H and O–H groups in total. The van der Waals surface area contributed by atoms with Crippen LogP contribution in [0.3, 0.4) is 0 Å². The van der Waals surface area contributed by atoms with Crippen LogP contribution < -0.4 is 10.1 Å². The fourth-order valence-corrected chi connectivity index (χ4v) is 3.42. The molecule has 1 spiro atoms. The lowest BCUT2D eigenvalue weighted by atomic mass is 9.87.